The maximum absolute atomic E-state index is 11.1. The Kier molecular flexibility index (Phi) is 14.5. The summed E-state index contributed by atoms with van der Waals surface area (Å²) in [5.41, 5.74) is 3.55. The minimum atomic E-state index is -0.930. The van der Waals surface area contributed by atoms with Gasteiger partial charge in [-0.1, -0.05) is 75.8 Å². The molecule has 0 aliphatic carbocycles. The summed E-state index contributed by atoms with van der Waals surface area (Å²) in [7, 11) is 0. The van der Waals surface area contributed by atoms with Crippen molar-refractivity contribution in [3.05, 3.63) is 89.5 Å². The first-order valence-corrected chi connectivity index (χ1v) is 12.4. The number of para-hydroxylation sites is 1. The third kappa shape index (κ3) is 11.6. The molecule has 0 radical (unpaired) electrons. The third-order valence-electron chi connectivity index (χ3n) is 5.80. The summed E-state index contributed by atoms with van der Waals surface area (Å²) in [5, 5.41) is 18.0. The van der Waals surface area contributed by atoms with Crippen molar-refractivity contribution in [2.75, 3.05) is 6.61 Å². The second-order valence-electron chi connectivity index (χ2n) is 8.21. The molecule has 0 bridgehead atoms. The van der Waals surface area contributed by atoms with Gasteiger partial charge in [0.2, 0.25) is 0 Å². The zero-order valence-electron chi connectivity index (χ0n) is 21.3. The van der Waals surface area contributed by atoms with Crippen molar-refractivity contribution in [2.24, 2.45) is 5.92 Å². The van der Waals surface area contributed by atoms with Crippen LogP contribution in [0.5, 0.6) is 5.75 Å². The van der Waals surface area contributed by atoms with E-state index in [0.717, 1.165) is 54.6 Å². The average Bonchev–Trinajstić information content (AvgIpc) is 2.87. The number of hydrogen-bond donors (Lipinski definition) is 2. The number of carboxylic acid groups (broad SMARTS) is 2. The van der Waals surface area contributed by atoms with Gasteiger partial charge in [-0.3, -0.25) is 4.79 Å². The van der Waals surface area contributed by atoms with Crippen LogP contribution in [-0.4, -0.2) is 28.8 Å². The lowest BCUT2D eigenvalue weighted by molar-refractivity contribution is -0.137. The van der Waals surface area contributed by atoms with E-state index in [1.807, 2.05) is 57.2 Å². The molecule has 35 heavy (non-hydrogen) atoms. The van der Waals surface area contributed by atoms with Gasteiger partial charge in [0, 0.05) is 6.42 Å². The number of unbranched alkanes of at least 4 members (excludes halogenated alkanes) is 1. The SMILES string of the molecule is C=C/C(=C\C)COc1ccccc1CCC(CCCCC(=O)O)Cc1ccc(C(=O)O)cc1.CC. The molecule has 1 unspecified atom stereocenters. The van der Waals surface area contributed by atoms with Crippen LogP contribution in [0.2, 0.25) is 0 Å². The normalized spacial score (nSPS) is 11.7. The number of hydrogen-bond acceptors (Lipinski definition) is 3. The van der Waals surface area contributed by atoms with Crippen molar-refractivity contribution in [2.45, 2.75) is 65.7 Å². The second kappa shape index (κ2) is 17.1. The zero-order valence-corrected chi connectivity index (χ0v) is 21.3. The molecule has 190 valence electrons. The molecule has 2 N–H and O–H groups in total. The highest BCUT2D eigenvalue weighted by atomic mass is 16.5. The maximum atomic E-state index is 11.1. The lowest BCUT2D eigenvalue weighted by atomic mass is 9.88. The summed E-state index contributed by atoms with van der Waals surface area (Å²) in [6, 6.07) is 15.1. The van der Waals surface area contributed by atoms with E-state index in [9.17, 15) is 9.59 Å². The van der Waals surface area contributed by atoms with Crippen LogP contribution in [0.3, 0.4) is 0 Å². The van der Waals surface area contributed by atoms with Gasteiger partial charge >= 0.3 is 11.9 Å². The molecule has 2 rings (SSSR count). The van der Waals surface area contributed by atoms with Crippen LogP contribution in [0.15, 0.2) is 72.8 Å². The van der Waals surface area contributed by atoms with Crippen LogP contribution in [0.25, 0.3) is 0 Å². The minimum Gasteiger partial charge on any atom is -0.489 e. The Bertz CT molecular complexity index is 943. The molecule has 0 saturated carbocycles. The first-order valence-electron chi connectivity index (χ1n) is 12.4. The van der Waals surface area contributed by atoms with Gasteiger partial charge in [-0.2, -0.15) is 0 Å². The number of aliphatic carboxylic acids is 1. The van der Waals surface area contributed by atoms with Crippen molar-refractivity contribution in [1.29, 1.82) is 0 Å². The van der Waals surface area contributed by atoms with Crippen LogP contribution < -0.4 is 4.74 Å². The molecule has 2 aromatic carbocycles. The van der Waals surface area contributed by atoms with Crippen molar-refractivity contribution in [1.82, 2.24) is 0 Å². The monoisotopic (exact) mass is 480 g/mol. The van der Waals surface area contributed by atoms with Gasteiger partial charge < -0.3 is 14.9 Å². The summed E-state index contributed by atoms with van der Waals surface area (Å²) in [5.74, 6) is -0.459. The summed E-state index contributed by atoms with van der Waals surface area (Å²) >= 11 is 0. The topological polar surface area (TPSA) is 83.8 Å². The first-order chi connectivity index (χ1) is 16.9. The number of rotatable bonds is 15. The highest BCUT2D eigenvalue weighted by Crippen LogP contribution is 2.26. The quantitative estimate of drug-likeness (QED) is 0.205. The molecular formula is C30H40O5. The Labute approximate surface area is 210 Å². The molecule has 0 fully saturated rings. The van der Waals surface area contributed by atoms with Crippen molar-refractivity contribution < 1.29 is 24.5 Å². The van der Waals surface area contributed by atoms with E-state index in [-0.39, 0.29) is 12.0 Å². The van der Waals surface area contributed by atoms with Crippen molar-refractivity contribution in [3.63, 3.8) is 0 Å². The van der Waals surface area contributed by atoms with E-state index in [2.05, 4.69) is 12.6 Å². The molecule has 5 heteroatoms. The third-order valence-corrected chi connectivity index (χ3v) is 5.80. The molecule has 1 atom stereocenters. The van der Waals surface area contributed by atoms with E-state index >= 15 is 0 Å². The van der Waals surface area contributed by atoms with Crippen molar-refractivity contribution in [3.8, 4) is 5.75 Å². The fourth-order valence-corrected chi connectivity index (χ4v) is 3.81. The summed E-state index contributed by atoms with van der Waals surface area (Å²) in [4.78, 5) is 22.0. The molecule has 0 spiro atoms. The van der Waals surface area contributed by atoms with Gasteiger partial charge in [0.25, 0.3) is 0 Å². The number of aryl methyl sites for hydroxylation is 1. The first kappa shape index (κ1) is 29.7. The molecule has 0 saturated heterocycles. The lowest BCUT2D eigenvalue weighted by Gasteiger charge is -2.19. The van der Waals surface area contributed by atoms with Crippen LogP contribution in [0.4, 0.5) is 0 Å². The van der Waals surface area contributed by atoms with Gasteiger partial charge in [0.05, 0.1) is 5.56 Å². The fourth-order valence-electron chi connectivity index (χ4n) is 3.81. The van der Waals surface area contributed by atoms with Crippen LogP contribution in [0, 0.1) is 5.92 Å². The van der Waals surface area contributed by atoms with Crippen LogP contribution in [-0.2, 0) is 17.6 Å². The van der Waals surface area contributed by atoms with E-state index in [1.54, 1.807) is 18.2 Å². The highest BCUT2D eigenvalue weighted by Gasteiger charge is 2.13. The fraction of sp³-hybridized carbons (Fsp3) is 0.400. The van der Waals surface area contributed by atoms with E-state index in [1.165, 1.54) is 0 Å². The van der Waals surface area contributed by atoms with E-state index in [0.29, 0.717) is 18.9 Å². The summed E-state index contributed by atoms with van der Waals surface area (Å²) < 4.78 is 6.03. The van der Waals surface area contributed by atoms with Crippen LogP contribution in [0.1, 0.15) is 74.4 Å². The molecule has 0 amide bonds. The largest absolute Gasteiger partial charge is 0.489 e. The maximum Gasteiger partial charge on any atom is 0.335 e. The van der Waals surface area contributed by atoms with Gasteiger partial charge in [0.1, 0.15) is 12.4 Å². The molecular weight excluding hydrogens is 440 g/mol. The molecule has 0 aliphatic heterocycles. The number of allylic oxidation sites excluding steroid dienone is 1. The molecule has 0 aromatic heterocycles. The number of ether oxygens (including phenoxy) is 1. The van der Waals surface area contributed by atoms with Gasteiger partial charge in [0.15, 0.2) is 0 Å². The second-order valence-corrected chi connectivity index (χ2v) is 8.21. The molecule has 0 heterocycles. The number of carbonyl (C=O) groups is 2. The standard InChI is InChI=1S/C28H34O5.C2H6/c1-3-21(4-2)20-33-26-11-7-6-10-24(26)16-13-22(9-5-8-12-27(29)30)19-23-14-17-25(18-15-23)28(31)32;1-2/h3-4,6-7,10-11,14-15,17-18,22H,1,5,8-9,12-13,16,19-20H2,2H3,(H,29,30)(H,31,32);1-2H3/b21-4+;. The Balaban J connectivity index is 0.00000298. The average molecular weight is 481 g/mol. The Morgan fingerprint density at radius 2 is 1.69 bits per heavy atom. The Morgan fingerprint density at radius 1 is 1.00 bits per heavy atom. The minimum absolute atomic E-state index is 0.188. The van der Waals surface area contributed by atoms with Gasteiger partial charge in [-0.15, -0.1) is 0 Å². The number of benzene rings is 2. The smallest absolute Gasteiger partial charge is 0.335 e. The molecule has 0 aliphatic rings. The number of carboxylic acids is 2. The zero-order chi connectivity index (χ0) is 26.1. The molecule has 5 nitrogen and oxygen atoms in total. The van der Waals surface area contributed by atoms with E-state index in [4.69, 9.17) is 14.9 Å². The Hall–Kier alpha value is -3.34. The van der Waals surface area contributed by atoms with Gasteiger partial charge in [-0.25, -0.2) is 4.79 Å². The summed E-state index contributed by atoms with van der Waals surface area (Å²) in [6.45, 7) is 10.3. The Morgan fingerprint density at radius 3 is 2.29 bits per heavy atom. The molecule has 2 aromatic rings. The summed E-state index contributed by atoms with van der Waals surface area (Å²) in [6.07, 6.45) is 9.03. The number of aromatic carboxylic acids is 1. The van der Waals surface area contributed by atoms with E-state index < -0.39 is 11.9 Å². The predicted molar refractivity (Wildman–Crippen MR) is 142 cm³/mol. The predicted octanol–water partition coefficient (Wildman–Crippen LogP) is 7.36. The lowest BCUT2D eigenvalue weighted by Crippen LogP contribution is -2.09. The van der Waals surface area contributed by atoms with Crippen molar-refractivity contribution >= 4 is 11.9 Å². The van der Waals surface area contributed by atoms with Gasteiger partial charge in [-0.05, 0) is 73.4 Å². The highest BCUT2D eigenvalue weighted by molar-refractivity contribution is 5.87. The van der Waals surface area contributed by atoms with Crippen LogP contribution >= 0.6 is 0 Å².